The van der Waals surface area contributed by atoms with Gasteiger partial charge in [-0.15, -0.1) is 0 Å². The van der Waals surface area contributed by atoms with Crippen molar-refractivity contribution in [2.24, 2.45) is 5.41 Å². The first-order valence-corrected chi connectivity index (χ1v) is 5.17. The molecule has 0 aromatic carbocycles. The molecule has 0 bridgehead atoms. The Bertz CT molecular complexity index is 332. The van der Waals surface area contributed by atoms with Gasteiger partial charge in [0.2, 0.25) is 5.95 Å². The Kier molecular flexibility index (Phi) is 2.73. The molecule has 4 N–H and O–H groups in total. The highest BCUT2D eigenvalue weighted by atomic mass is 16.3. The molecule has 1 aromatic heterocycles. The summed E-state index contributed by atoms with van der Waals surface area (Å²) < 4.78 is 0. The summed E-state index contributed by atoms with van der Waals surface area (Å²) in [6.45, 7) is 0.987. The maximum Gasteiger partial charge on any atom is 0.221 e. The molecular weight excluding hydrogens is 192 g/mol. The lowest BCUT2D eigenvalue weighted by Crippen LogP contribution is -2.39. The normalized spacial score (nSPS) is 18.2. The van der Waals surface area contributed by atoms with E-state index in [1.54, 1.807) is 12.3 Å². The highest BCUT2D eigenvalue weighted by Gasteiger charge is 2.36. The van der Waals surface area contributed by atoms with Crippen molar-refractivity contribution >= 4 is 11.8 Å². The number of aliphatic hydroxyl groups excluding tert-OH is 1. The monoisotopic (exact) mass is 208 g/mol. The predicted octanol–water partition coefficient (Wildman–Crippen LogP) is 0.633. The maximum atomic E-state index is 9.27. The number of nitrogens with one attached hydrogen (secondary N) is 1. The fourth-order valence-electron chi connectivity index (χ4n) is 1.82. The number of nitrogen functional groups attached to an aromatic ring is 1. The molecule has 0 atom stereocenters. The number of anilines is 2. The van der Waals surface area contributed by atoms with E-state index < -0.39 is 0 Å². The molecule has 0 aliphatic heterocycles. The van der Waals surface area contributed by atoms with E-state index in [-0.39, 0.29) is 18.0 Å². The summed E-state index contributed by atoms with van der Waals surface area (Å²) >= 11 is 0. The van der Waals surface area contributed by atoms with Gasteiger partial charge in [-0.1, -0.05) is 6.42 Å². The molecule has 0 saturated heterocycles. The molecule has 5 heteroatoms. The Balaban J connectivity index is 1.92. The second kappa shape index (κ2) is 4.02. The predicted molar refractivity (Wildman–Crippen MR) is 58.3 cm³/mol. The zero-order chi connectivity index (χ0) is 10.7. The van der Waals surface area contributed by atoms with Crippen LogP contribution in [-0.2, 0) is 0 Å². The molecule has 0 amide bonds. The Morgan fingerprint density at radius 1 is 1.53 bits per heavy atom. The van der Waals surface area contributed by atoms with Gasteiger partial charge < -0.3 is 16.2 Å². The van der Waals surface area contributed by atoms with Crippen molar-refractivity contribution in [1.82, 2.24) is 9.97 Å². The van der Waals surface area contributed by atoms with E-state index in [0.29, 0.717) is 0 Å². The summed E-state index contributed by atoms with van der Waals surface area (Å²) in [4.78, 5) is 7.86. The van der Waals surface area contributed by atoms with Gasteiger partial charge in [-0.25, -0.2) is 4.98 Å². The van der Waals surface area contributed by atoms with E-state index >= 15 is 0 Å². The van der Waals surface area contributed by atoms with Gasteiger partial charge in [0.1, 0.15) is 5.82 Å². The zero-order valence-electron chi connectivity index (χ0n) is 8.61. The van der Waals surface area contributed by atoms with Gasteiger partial charge >= 0.3 is 0 Å². The van der Waals surface area contributed by atoms with Crippen molar-refractivity contribution in [1.29, 1.82) is 0 Å². The number of nitrogens with two attached hydrogens (primary N) is 1. The van der Waals surface area contributed by atoms with Gasteiger partial charge in [-0.05, 0) is 18.9 Å². The number of aliphatic hydroxyl groups is 1. The number of aromatic nitrogens is 2. The summed E-state index contributed by atoms with van der Waals surface area (Å²) in [6.07, 6.45) is 4.99. The minimum absolute atomic E-state index is 0.0553. The van der Waals surface area contributed by atoms with Crippen LogP contribution < -0.4 is 11.1 Å². The minimum Gasteiger partial charge on any atom is -0.396 e. The molecular formula is C10H16N4O. The fraction of sp³-hybridized carbons (Fsp3) is 0.600. The molecule has 1 aliphatic rings. The van der Waals surface area contributed by atoms with E-state index in [9.17, 15) is 5.11 Å². The van der Waals surface area contributed by atoms with Crippen LogP contribution in [-0.4, -0.2) is 28.2 Å². The van der Waals surface area contributed by atoms with Gasteiger partial charge in [0.15, 0.2) is 0 Å². The summed E-state index contributed by atoms with van der Waals surface area (Å²) in [5.41, 5.74) is 5.52. The Hall–Kier alpha value is -1.36. The molecule has 0 radical (unpaired) electrons. The van der Waals surface area contributed by atoms with Crippen LogP contribution in [0.25, 0.3) is 0 Å². The average molecular weight is 208 g/mol. The van der Waals surface area contributed by atoms with E-state index in [4.69, 9.17) is 5.73 Å². The number of hydrogen-bond acceptors (Lipinski definition) is 5. The molecule has 0 unspecified atom stereocenters. The van der Waals surface area contributed by atoms with Crippen LogP contribution >= 0.6 is 0 Å². The van der Waals surface area contributed by atoms with Crippen molar-refractivity contribution in [3.05, 3.63) is 12.3 Å². The molecule has 1 fully saturated rings. The highest BCUT2D eigenvalue weighted by molar-refractivity contribution is 5.37. The SMILES string of the molecule is Nc1nccc(NCC2(CO)CCC2)n1. The van der Waals surface area contributed by atoms with Crippen LogP contribution in [0.15, 0.2) is 12.3 Å². The summed E-state index contributed by atoms with van der Waals surface area (Å²) in [5, 5.41) is 12.5. The van der Waals surface area contributed by atoms with Crippen LogP contribution in [0.2, 0.25) is 0 Å². The molecule has 1 aromatic rings. The van der Waals surface area contributed by atoms with Gasteiger partial charge in [0.05, 0.1) is 6.61 Å². The van der Waals surface area contributed by atoms with Crippen molar-refractivity contribution in [2.45, 2.75) is 19.3 Å². The third-order valence-corrected chi connectivity index (χ3v) is 3.07. The third kappa shape index (κ3) is 2.18. The number of rotatable bonds is 4. The summed E-state index contributed by atoms with van der Waals surface area (Å²) in [6, 6.07) is 1.78. The van der Waals surface area contributed by atoms with Crippen molar-refractivity contribution < 1.29 is 5.11 Å². The van der Waals surface area contributed by atoms with E-state index in [0.717, 1.165) is 25.2 Å². The van der Waals surface area contributed by atoms with Crippen LogP contribution in [0, 0.1) is 5.41 Å². The second-order valence-corrected chi connectivity index (χ2v) is 4.17. The minimum atomic E-state index is 0.0553. The molecule has 0 spiro atoms. The Morgan fingerprint density at radius 3 is 2.87 bits per heavy atom. The molecule has 1 aliphatic carbocycles. The van der Waals surface area contributed by atoms with Crippen LogP contribution in [0.5, 0.6) is 0 Å². The highest BCUT2D eigenvalue weighted by Crippen LogP contribution is 2.40. The molecule has 82 valence electrons. The maximum absolute atomic E-state index is 9.27. The first kappa shape index (κ1) is 10.2. The first-order valence-electron chi connectivity index (χ1n) is 5.17. The van der Waals surface area contributed by atoms with Gasteiger partial charge in [-0.3, -0.25) is 0 Å². The van der Waals surface area contributed by atoms with Gasteiger partial charge in [-0.2, -0.15) is 4.98 Å². The van der Waals surface area contributed by atoms with Crippen molar-refractivity contribution in [2.75, 3.05) is 24.2 Å². The topological polar surface area (TPSA) is 84.1 Å². The lowest BCUT2D eigenvalue weighted by molar-refractivity contribution is 0.0576. The third-order valence-electron chi connectivity index (χ3n) is 3.07. The van der Waals surface area contributed by atoms with E-state index in [1.165, 1.54) is 6.42 Å². The van der Waals surface area contributed by atoms with Crippen LogP contribution in [0.4, 0.5) is 11.8 Å². The molecule has 2 rings (SSSR count). The first-order chi connectivity index (χ1) is 7.24. The standard InChI is InChI=1S/C10H16N4O/c11-9-12-5-2-8(14-9)13-6-10(7-15)3-1-4-10/h2,5,15H,1,3-4,6-7H2,(H3,11,12,13,14). The summed E-state index contributed by atoms with van der Waals surface area (Å²) in [7, 11) is 0. The number of nitrogens with zero attached hydrogens (tertiary/aromatic N) is 2. The number of hydrogen-bond donors (Lipinski definition) is 3. The quantitative estimate of drug-likeness (QED) is 0.676. The summed E-state index contributed by atoms with van der Waals surface area (Å²) in [5.74, 6) is 0.994. The zero-order valence-corrected chi connectivity index (χ0v) is 8.61. The Labute approximate surface area is 88.7 Å². The van der Waals surface area contributed by atoms with Crippen LogP contribution in [0.1, 0.15) is 19.3 Å². The average Bonchev–Trinajstić information content (AvgIpc) is 2.17. The van der Waals surface area contributed by atoms with E-state index in [2.05, 4.69) is 15.3 Å². The second-order valence-electron chi connectivity index (χ2n) is 4.17. The lowest BCUT2D eigenvalue weighted by Gasteiger charge is -2.40. The Morgan fingerprint density at radius 2 is 2.33 bits per heavy atom. The van der Waals surface area contributed by atoms with E-state index in [1.807, 2.05) is 0 Å². The molecule has 15 heavy (non-hydrogen) atoms. The lowest BCUT2D eigenvalue weighted by atomic mass is 9.69. The van der Waals surface area contributed by atoms with Crippen molar-refractivity contribution in [3.63, 3.8) is 0 Å². The fourth-order valence-corrected chi connectivity index (χ4v) is 1.82. The van der Waals surface area contributed by atoms with Crippen molar-refractivity contribution in [3.8, 4) is 0 Å². The largest absolute Gasteiger partial charge is 0.396 e. The molecule has 1 saturated carbocycles. The van der Waals surface area contributed by atoms with Crippen LogP contribution in [0.3, 0.4) is 0 Å². The smallest absolute Gasteiger partial charge is 0.221 e. The van der Waals surface area contributed by atoms with Gasteiger partial charge in [0, 0.05) is 18.2 Å². The molecule has 5 nitrogen and oxygen atoms in total. The molecule has 1 heterocycles. The van der Waals surface area contributed by atoms with Gasteiger partial charge in [0.25, 0.3) is 0 Å².